The molecule has 8 nitrogen and oxygen atoms in total. The fourth-order valence-corrected chi connectivity index (χ4v) is 1.78. The van der Waals surface area contributed by atoms with E-state index in [1.807, 2.05) is 0 Å². The lowest BCUT2D eigenvalue weighted by Crippen LogP contribution is -2.54. The Bertz CT molecular complexity index is 450. The van der Waals surface area contributed by atoms with Crippen LogP contribution in [0.4, 0.5) is 13.2 Å². The zero-order valence-corrected chi connectivity index (χ0v) is 11.0. The molecule has 0 aliphatic carbocycles. The SMILES string of the molecule is CC(=O)O[C@H]1O[C@H](CN=[N+]=[N-])CC[C@H]1NC(=O)C(F)(F)F. The molecule has 1 aliphatic rings. The quantitative estimate of drug-likeness (QED) is 0.366. The van der Waals surface area contributed by atoms with Crippen LogP contribution in [0.1, 0.15) is 19.8 Å². The van der Waals surface area contributed by atoms with Crippen molar-refractivity contribution in [3.63, 3.8) is 0 Å². The third kappa shape index (κ3) is 5.48. The minimum Gasteiger partial charge on any atom is -0.434 e. The van der Waals surface area contributed by atoms with Crippen LogP contribution >= 0.6 is 0 Å². The normalized spacial score (nSPS) is 25.6. The lowest BCUT2D eigenvalue weighted by atomic mass is 10.0. The van der Waals surface area contributed by atoms with E-state index in [0.29, 0.717) is 0 Å². The van der Waals surface area contributed by atoms with Gasteiger partial charge in [0, 0.05) is 11.8 Å². The number of esters is 1. The Morgan fingerprint density at radius 3 is 2.67 bits per heavy atom. The van der Waals surface area contributed by atoms with E-state index in [-0.39, 0.29) is 19.4 Å². The van der Waals surface area contributed by atoms with Crippen molar-refractivity contribution in [3.05, 3.63) is 10.4 Å². The molecule has 3 atom stereocenters. The summed E-state index contributed by atoms with van der Waals surface area (Å²) >= 11 is 0. The molecule has 21 heavy (non-hydrogen) atoms. The Labute approximate surface area is 117 Å². The van der Waals surface area contributed by atoms with Crippen LogP contribution in [-0.2, 0) is 19.1 Å². The van der Waals surface area contributed by atoms with Crippen LogP contribution in [0.25, 0.3) is 10.4 Å². The summed E-state index contributed by atoms with van der Waals surface area (Å²) in [7, 11) is 0. The molecule has 1 heterocycles. The molecule has 1 amide bonds. The van der Waals surface area contributed by atoms with Crippen LogP contribution in [0, 0.1) is 0 Å². The zero-order chi connectivity index (χ0) is 16.0. The van der Waals surface area contributed by atoms with E-state index < -0.39 is 36.5 Å². The third-order valence-corrected chi connectivity index (χ3v) is 2.66. The number of carbonyl (C=O) groups is 2. The molecule has 0 bridgehead atoms. The maximum atomic E-state index is 12.2. The van der Waals surface area contributed by atoms with Crippen molar-refractivity contribution in [2.24, 2.45) is 5.11 Å². The van der Waals surface area contributed by atoms with Gasteiger partial charge in [-0.25, -0.2) is 0 Å². The van der Waals surface area contributed by atoms with Gasteiger partial charge in [0.15, 0.2) is 0 Å². The number of azide groups is 1. The first-order valence-corrected chi connectivity index (χ1v) is 5.95. The van der Waals surface area contributed by atoms with Gasteiger partial charge in [0.25, 0.3) is 0 Å². The molecule has 0 spiro atoms. The molecule has 1 N–H and O–H groups in total. The second kappa shape index (κ2) is 7.14. The van der Waals surface area contributed by atoms with Crippen LogP contribution in [0.3, 0.4) is 0 Å². The Balaban J connectivity index is 2.71. The number of hydrogen-bond acceptors (Lipinski definition) is 5. The summed E-state index contributed by atoms with van der Waals surface area (Å²) in [5.41, 5.74) is 8.20. The average Bonchev–Trinajstić information content (AvgIpc) is 2.37. The van der Waals surface area contributed by atoms with E-state index >= 15 is 0 Å². The number of nitrogens with one attached hydrogen (secondary N) is 1. The summed E-state index contributed by atoms with van der Waals surface area (Å²) in [5, 5.41) is 5.00. The number of nitrogens with zero attached hydrogens (tertiary/aromatic N) is 3. The summed E-state index contributed by atoms with van der Waals surface area (Å²) in [6, 6.07) is -1.12. The standard InChI is InChI=1S/C10H13F3N4O4/c1-5(18)20-8-7(16-9(19)10(11,12)13)3-2-6(21-8)4-15-17-14/h6-8H,2-4H2,1H3,(H,16,19)/t6-,7+,8-/m0/s1. The van der Waals surface area contributed by atoms with E-state index in [2.05, 4.69) is 10.0 Å². The molecule has 118 valence electrons. The van der Waals surface area contributed by atoms with E-state index in [1.54, 1.807) is 5.32 Å². The predicted molar refractivity (Wildman–Crippen MR) is 61.7 cm³/mol. The van der Waals surface area contributed by atoms with E-state index in [0.717, 1.165) is 6.92 Å². The molecule has 1 fully saturated rings. The van der Waals surface area contributed by atoms with E-state index in [4.69, 9.17) is 15.0 Å². The molecule has 1 aliphatic heterocycles. The molecule has 0 aromatic carbocycles. The van der Waals surface area contributed by atoms with E-state index in [9.17, 15) is 22.8 Å². The fourth-order valence-electron chi connectivity index (χ4n) is 1.78. The first-order valence-electron chi connectivity index (χ1n) is 5.95. The van der Waals surface area contributed by atoms with Crippen LogP contribution in [-0.4, -0.2) is 43.0 Å². The van der Waals surface area contributed by atoms with Gasteiger partial charge in [-0.05, 0) is 18.4 Å². The zero-order valence-electron chi connectivity index (χ0n) is 11.0. The van der Waals surface area contributed by atoms with Gasteiger partial charge in [-0.2, -0.15) is 13.2 Å². The van der Waals surface area contributed by atoms with Gasteiger partial charge >= 0.3 is 18.1 Å². The number of rotatable bonds is 4. The van der Waals surface area contributed by atoms with Gasteiger partial charge in [0.2, 0.25) is 6.29 Å². The van der Waals surface area contributed by atoms with Crippen molar-refractivity contribution in [1.29, 1.82) is 0 Å². The Hall–Kier alpha value is -2.00. The first kappa shape index (κ1) is 17.1. The van der Waals surface area contributed by atoms with Gasteiger partial charge in [0.05, 0.1) is 18.7 Å². The molecule has 1 saturated heterocycles. The van der Waals surface area contributed by atoms with Crippen molar-refractivity contribution in [2.45, 2.75) is 44.4 Å². The molecule has 11 heteroatoms. The maximum absolute atomic E-state index is 12.2. The second-order valence-corrected chi connectivity index (χ2v) is 4.30. The number of halogens is 3. The molecule has 0 aromatic heterocycles. The van der Waals surface area contributed by atoms with Gasteiger partial charge in [-0.15, -0.1) is 0 Å². The largest absolute Gasteiger partial charge is 0.471 e. The number of amides is 1. The molecule has 0 unspecified atom stereocenters. The van der Waals surface area contributed by atoms with Crippen LogP contribution < -0.4 is 5.32 Å². The Morgan fingerprint density at radius 1 is 1.48 bits per heavy atom. The van der Waals surface area contributed by atoms with Gasteiger partial charge in [-0.3, -0.25) is 9.59 Å². The van der Waals surface area contributed by atoms with Crippen molar-refractivity contribution in [3.8, 4) is 0 Å². The van der Waals surface area contributed by atoms with Crippen molar-refractivity contribution >= 4 is 11.9 Å². The van der Waals surface area contributed by atoms with Gasteiger partial charge in [-0.1, -0.05) is 5.11 Å². The summed E-state index contributed by atoms with van der Waals surface area (Å²) in [6.07, 6.45) is -6.65. The number of alkyl halides is 3. The van der Waals surface area contributed by atoms with Crippen LogP contribution in [0.5, 0.6) is 0 Å². The molecule has 0 aromatic rings. The monoisotopic (exact) mass is 310 g/mol. The van der Waals surface area contributed by atoms with Crippen molar-refractivity contribution in [2.75, 3.05) is 6.54 Å². The summed E-state index contributed by atoms with van der Waals surface area (Å²) in [4.78, 5) is 24.4. The van der Waals surface area contributed by atoms with Crippen LogP contribution in [0.15, 0.2) is 5.11 Å². The average molecular weight is 310 g/mol. The smallest absolute Gasteiger partial charge is 0.434 e. The Morgan fingerprint density at radius 2 is 2.14 bits per heavy atom. The Kier molecular flexibility index (Phi) is 5.79. The predicted octanol–water partition coefficient (Wildman–Crippen LogP) is 1.41. The summed E-state index contributed by atoms with van der Waals surface area (Å²) in [5.74, 6) is -2.91. The van der Waals surface area contributed by atoms with Crippen molar-refractivity contribution in [1.82, 2.24) is 5.32 Å². The number of carbonyl (C=O) groups excluding carboxylic acids is 2. The van der Waals surface area contributed by atoms with Crippen LogP contribution in [0.2, 0.25) is 0 Å². The third-order valence-electron chi connectivity index (χ3n) is 2.66. The molecule has 0 saturated carbocycles. The highest BCUT2D eigenvalue weighted by molar-refractivity contribution is 5.82. The summed E-state index contributed by atoms with van der Waals surface area (Å²) in [6.45, 7) is 1.01. The molecular weight excluding hydrogens is 297 g/mol. The summed E-state index contributed by atoms with van der Waals surface area (Å²) < 4.78 is 46.6. The highest BCUT2D eigenvalue weighted by atomic mass is 19.4. The second-order valence-electron chi connectivity index (χ2n) is 4.30. The minimum absolute atomic E-state index is 0.0474. The van der Waals surface area contributed by atoms with E-state index in [1.165, 1.54) is 0 Å². The minimum atomic E-state index is -5.04. The molecule has 1 rings (SSSR count). The molecular formula is C10H13F3N4O4. The number of hydrogen-bond donors (Lipinski definition) is 1. The lowest BCUT2D eigenvalue weighted by Gasteiger charge is -2.35. The highest BCUT2D eigenvalue weighted by Crippen LogP contribution is 2.23. The van der Waals surface area contributed by atoms with Gasteiger partial charge in [0.1, 0.15) is 0 Å². The maximum Gasteiger partial charge on any atom is 0.471 e. The fraction of sp³-hybridized carbons (Fsp3) is 0.800. The van der Waals surface area contributed by atoms with Crippen molar-refractivity contribution < 1.29 is 32.2 Å². The first-order chi connectivity index (χ1) is 9.74. The molecule has 0 radical (unpaired) electrons. The van der Waals surface area contributed by atoms with Gasteiger partial charge < -0.3 is 14.8 Å². The lowest BCUT2D eigenvalue weighted by molar-refractivity contribution is -0.212. The highest BCUT2D eigenvalue weighted by Gasteiger charge is 2.43. The number of ether oxygens (including phenoxy) is 2. The topological polar surface area (TPSA) is 113 Å².